The molecule has 0 aliphatic carbocycles. The van der Waals surface area contributed by atoms with Crippen molar-refractivity contribution in [2.75, 3.05) is 0 Å². The molecule has 6 nitrogen and oxygen atoms in total. The third kappa shape index (κ3) is 3.00. The normalized spacial score (nSPS) is 10.8. The number of fused-ring (bicyclic) bond motifs is 1. The molecule has 0 unspecified atom stereocenters. The van der Waals surface area contributed by atoms with Gasteiger partial charge in [-0.3, -0.25) is 4.79 Å². The summed E-state index contributed by atoms with van der Waals surface area (Å²) in [5, 5.41) is 12.5. The minimum atomic E-state index is 0.132. The predicted molar refractivity (Wildman–Crippen MR) is 98.1 cm³/mol. The summed E-state index contributed by atoms with van der Waals surface area (Å²) in [5.74, 6) is 0.797. The van der Waals surface area contributed by atoms with Crippen LogP contribution in [-0.2, 0) is 0 Å². The number of rotatable bonds is 4. The molecule has 0 spiro atoms. The summed E-state index contributed by atoms with van der Waals surface area (Å²) in [6.07, 6.45) is 0.793. The highest BCUT2D eigenvalue weighted by Crippen LogP contribution is 2.36. The lowest BCUT2D eigenvalue weighted by Gasteiger charge is -2.12. The number of hydrogen-bond acceptors (Lipinski definition) is 5. The minimum absolute atomic E-state index is 0.132. The van der Waals surface area contributed by atoms with Crippen LogP contribution in [0.3, 0.4) is 0 Å². The molecular formula is C18H10Cl2N4O2. The van der Waals surface area contributed by atoms with Crippen LogP contribution >= 0.6 is 23.2 Å². The Balaban J connectivity index is 1.81. The summed E-state index contributed by atoms with van der Waals surface area (Å²) in [7, 11) is 0. The van der Waals surface area contributed by atoms with Crippen LogP contribution in [0.5, 0.6) is 11.6 Å². The zero-order chi connectivity index (χ0) is 18.1. The second-order valence-electron chi connectivity index (χ2n) is 5.36. The van der Waals surface area contributed by atoms with Crippen LogP contribution in [0.4, 0.5) is 0 Å². The van der Waals surface area contributed by atoms with Gasteiger partial charge >= 0.3 is 0 Å². The summed E-state index contributed by atoms with van der Waals surface area (Å²) in [5.41, 5.74) is 2.43. The van der Waals surface area contributed by atoms with Crippen molar-refractivity contribution in [3.8, 4) is 22.8 Å². The molecule has 2 aromatic heterocycles. The topological polar surface area (TPSA) is 69.4 Å². The van der Waals surface area contributed by atoms with E-state index in [1.54, 1.807) is 42.5 Å². The molecule has 2 heterocycles. The molecule has 0 aliphatic heterocycles. The number of ether oxygens (including phenoxy) is 1. The molecule has 2 aromatic carbocycles. The van der Waals surface area contributed by atoms with Gasteiger partial charge in [0, 0.05) is 22.2 Å². The van der Waals surface area contributed by atoms with Crippen LogP contribution in [0.1, 0.15) is 10.4 Å². The van der Waals surface area contributed by atoms with E-state index in [2.05, 4.69) is 15.3 Å². The first-order valence-electron chi connectivity index (χ1n) is 7.55. The Morgan fingerprint density at radius 3 is 2.65 bits per heavy atom. The molecule has 0 radical (unpaired) electrons. The van der Waals surface area contributed by atoms with Crippen molar-refractivity contribution in [1.82, 2.24) is 19.8 Å². The maximum absolute atomic E-state index is 11.4. The maximum Gasteiger partial charge on any atom is 0.246 e. The number of aldehydes is 1. The maximum atomic E-state index is 11.4. The molecule has 0 atom stereocenters. The van der Waals surface area contributed by atoms with E-state index >= 15 is 0 Å². The summed E-state index contributed by atoms with van der Waals surface area (Å²) in [6.45, 7) is 0. The molecule has 0 saturated carbocycles. The van der Waals surface area contributed by atoms with E-state index in [0.717, 1.165) is 6.29 Å². The highest BCUT2D eigenvalue weighted by Gasteiger charge is 2.13. The molecule has 4 rings (SSSR count). The van der Waals surface area contributed by atoms with Crippen molar-refractivity contribution in [3.05, 3.63) is 70.5 Å². The minimum Gasteiger partial charge on any atom is -0.437 e. The molecule has 0 fully saturated rings. The summed E-state index contributed by atoms with van der Waals surface area (Å²) in [6, 6.07) is 15.7. The van der Waals surface area contributed by atoms with Crippen molar-refractivity contribution in [1.29, 1.82) is 0 Å². The van der Waals surface area contributed by atoms with Gasteiger partial charge in [0.15, 0.2) is 11.9 Å². The van der Waals surface area contributed by atoms with Gasteiger partial charge in [-0.15, -0.1) is 15.3 Å². The van der Waals surface area contributed by atoms with Crippen LogP contribution < -0.4 is 4.74 Å². The Bertz CT molecular complexity index is 1130. The van der Waals surface area contributed by atoms with Gasteiger partial charge in [0.2, 0.25) is 11.2 Å². The van der Waals surface area contributed by atoms with E-state index < -0.39 is 0 Å². The number of benzene rings is 2. The molecule has 0 aliphatic rings. The van der Waals surface area contributed by atoms with Crippen molar-refractivity contribution in [2.24, 2.45) is 0 Å². The Kier molecular flexibility index (Phi) is 4.28. The third-order valence-corrected chi connectivity index (χ3v) is 4.21. The standard InChI is InChI=1S/C18H10Cl2N4O2/c19-12-5-6-15(14(9-12)13-4-2-1-3-11(13)10-25)26-17-8-7-16-21-22-18(20)24(16)23-17/h1-10H. The lowest BCUT2D eigenvalue weighted by Crippen LogP contribution is -1.97. The lowest BCUT2D eigenvalue weighted by atomic mass is 9.99. The predicted octanol–water partition coefficient (Wildman–Crippen LogP) is 4.70. The fourth-order valence-corrected chi connectivity index (χ4v) is 2.89. The van der Waals surface area contributed by atoms with Crippen LogP contribution in [-0.4, -0.2) is 26.1 Å². The molecule has 0 bridgehead atoms. The molecule has 128 valence electrons. The number of halogens is 2. The van der Waals surface area contributed by atoms with Gasteiger partial charge in [0.05, 0.1) is 0 Å². The number of carbonyl (C=O) groups is 1. The van der Waals surface area contributed by atoms with Crippen molar-refractivity contribution >= 4 is 35.1 Å². The van der Waals surface area contributed by atoms with E-state index in [1.807, 2.05) is 12.1 Å². The van der Waals surface area contributed by atoms with Crippen molar-refractivity contribution in [3.63, 3.8) is 0 Å². The second kappa shape index (κ2) is 6.74. The Morgan fingerprint density at radius 2 is 1.81 bits per heavy atom. The summed E-state index contributed by atoms with van der Waals surface area (Å²) < 4.78 is 7.30. The Labute approximate surface area is 158 Å². The van der Waals surface area contributed by atoms with Gasteiger partial charge in [-0.25, -0.2) is 0 Å². The van der Waals surface area contributed by atoms with Gasteiger partial charge in [-0.1, -0.05) is 35.9 Å². The zero-order valence-corrected chi connectivity index (χ0v) is 14.6. The highest BCUT2D eigenvalue weighted by atomic mass is 35.5. The van der Waals surface area contributed by atoms with E-state index in [1.165, 1.54) is 4.52 Å². The second-order valence-corrected chi connectivity index (χ2v) is 6.13. The molecule has 26 heavy (non-hydrogen) atoms. The van der Waals surface area contributed by atoms with Crippen molar-refractivity contribution < 1.29 is 9.53 Å². The van der Waals surface area contributed by atoms with Gasteiger partial charge in [0.1, 0.15) is 5.75 Å². The first kappa shape index (κ1) is 16.5. The number of carbonyl (C=O) groups excluding carboxylic acids is 1. The SMILES string of the molecule is O=Cc1ccccc1-c1cc(Cl)ccc1Oc1ccc2nnc(Cl)n2n1. The number of hydrogen-bond donors (Lipinski definition) is 0. The third-order valence-electron chi connectivity index (χ3n) is 3.73. The fourth-order valence-electron chi connectivity index (χ4n) is 2.56. The van der Waals surface area contributed by atoms with Gasteiger partial charge in [-0.05, 0) is 41.4 Å². The van der Waals surface area contributed by atoms with E-state index in [9.17, 15) is 4.79 Å². The van der Waals surface area contributed by atoms with Gasteiger partial charge in [0.25, 0.3) is 0 Å². The zero-order valence-electron chi connectivity index (χ0n) is 13.1. The van der Waals surface area contributed by atoms with Crippen LogP contribution in [0, 0.1) is 0 Å². The molecule has 8 heteroatoms. The lowest BCUT2D eigenvalue weighted by molar-refractivity contribution is 0.112. The molecule has 0 saturated heterocycles. The Morgan fingerprint density at radius 1 is 0.962 bits per heavy atom. The quantitative estimate of drug-likeness (QED) is 0.476. The van der Waals surface area contributed by atoms with Crippen LogP contribution in [0.25, 0.3) is 16.8 Å². The molecule has 4 aromatic rings. The molecule has 0 N–H and O–H groups in total. The van der Waals surface area contributed by atoms with E-state index in [4.69, 9.17) is 27.9 Å². The van der Waals surface area contributed by atoms with Crippen LogP contribution in [0.15, 0.2) is 54.6 Å². The summed E-state index contributed by atoms with van der Waals surface area (Å²) >= 11 is 12.1. The Hall–Kier alpha value is -2.96. The molecular weight excluding hydrogens is 375 g/mol. The monoisotopic (exact) mass is 384 g/mol. The fraction of sp³-hybridized carbons (Fsp3) is 0. The smallest absolute Gasteiger partial charge is 0.246 e. The van der Waals surface area contributed by atoms with Gasteiger partial charge in [-0.2, -0.15) is 4.52 Å². The summed E-state index contributed by atoms with van der Waals surface area (Å²) in [4.78, 5) is 11.4. The van der Waals surface area contributed by atoms with Crippen molar-refractivity contribution in [2.45, 2.75) is 0 Å². The first-order chi connectivity index (χ1) is 12.7. The van der Waals surface area contributed by atoms with E-state index in [0.29, 0.717) is 39.0 Å². The molecule has 0 amide bonds. The largest absolute Gasteiger partial charge is 0.437 e. The van der Waals surface area contributed by atoms with Crippen LogP contribution in [0.2, 0.25) is 10.3 Å². The number of nitrogens with zero attached hydrogens (tertiary/aromatic N) is 4. The average Bonchev–Trinajstić information content (AvgIpc) is 3.04. The number of aromatic nitrogens is 4. The highest BCUT2D eigenvalue weighted by molar-refractivity contribution is 6.31. The first-order valence-corrected chi connectivity index (χ1v) is 8.31. The van der Waals surface area contributed by atoms with Gasteiger partial charge < -0.3 is 4.74 Å². The average molecular weight is 385 g/mol. The van der Waals surface area contributed by atoms with E-state index in [-0.39, 0.29) is 5.28 Å².